The number of hydrogen-bond acceptors (Lipinski definition) is 2. The highest BCUT2D eigenvalue weighted by Crippen LogP contribution is 2.35. The number of benzene rings is 2. The second-order valence-electron chi connectivity index (χ2n) is 7.43. The fourth-order valence-electron chi connectivity index (χ4n) is 4.03. The van der Waals surface area contributed by atoms with Gasteiger partial charge in [0.2, 0.25) is 0 Å². The molecule has 1 atom stereocenters. The molecule has 1 aliphatic rings. The van der Waals surface area contributed by atoms with E-state index in [0.29, 0.717) is 5.92 Å². The van der Waals surface area contributed by atoms with E-state index in [1.807, 2.05) is 12.1 Å². The molecule has 1 N–H and O–H groups in total. The lowest BCUT2D eigenvalue weighted by molar-refractivity contribution is 0.256. The molecule has 0 spiro atoms. The zero-order valence-electron chi connectivity index (χ0n) is 16.1. The first-order chi connectivity index (χ1) is 12.7. The molecule has 0 bridgehead atoms. The minimum atomic E-state index is -0.183. The number of anilines is 1. The Hall–Kier alpha value is -1.87. The standard InChI is InChI=1S/C23H31FN2/c1-3-13-26(14-4-2)17-20-8-7-19-9-12-22(15-23(19)20)25-16-18-5-10-21(24)11-6-18/h5-6,9-12,15,20,25H,3-4,7-8,13-14,16-17H2,1-2H3. The van der Waals surface area contributed by atoms with Gasteiger partial charge in [-0.15, -0.1) is 0 Å². The van der Waals surface area contributed by atoms with Gasteiger partial charge in [0, 0.05) is 18.8 Å². The molecule has 0 heterocycles. The molecule has 1 aliphatic carbocycles. The molecule has 0 aliphatic heterocycles. The van der Waals surface area contributed by atoms with Crippen LogP contribution in [0.15, 0.2) is 42.5 Å². The number of nitrogens with one attached hydrogen (secondary N) is 1. The zero-order chi connectivity index (χ0) is 18.4. The molecule has 0 amide bonds. The first-order valence-corrected chi connectivity index (χ1v) is 10.0. The number of halogens is 1. The summed E-state index contributed by atoms with van der Waals surface area (Å²) < 4.78 is 13.0. The van der Waals surface area contributed by atoms with Crippen LogP contribution < -0.4 is 5.32 Å². The van der Waals surface area contributed by atoms with Crippen molar-refractivity contribution in [3.63, 3.8) is 0 Å². The van der Waals surface area contributed by atoms with Crippen molar-refractivity contribution >= 4 is 5.69 Å². The normalized spacial score (nSPS) is 16.1. The van der Waals surface area contributed by atoms with Gasteiger partial charge in [0.05, 0.1) is 0 Å². The van der Waals surface area contributed by atoms with Gasteiger partial charge in [0.15, 0.2) is 0 Å². The molecular weight excluding hydrogens is 323 g/mol. The minimum absolute atomic E-state index is 0.183. The largest absolute Gasteiger partial charge is 0.381 e. The van der Waals surface area contributed by atoms with E-state index in [-0.39, 0.29) is 5.82 Å². The fourth-order valence-corrected chi connectivity index (χ4v) is 4.03. The van der Waals surface area contributed by atoms with Crippen LogP contribution in [0, 0.1) is 5.82 Å². The summed E-state index contributed by atoms with van der Waals surface area (Å²) in [5, 5.41) is 3.50. The van der Waals surface area contributed by atoms with Crippen LogP contribution in [0.1, 0.15) is 55.7 Å². The lowest BCUT2D eigenvalue weighted by Crippen LogP contribution is -2.29. The summed E-state index contributed by atoms with van der Waals surface area (Å²) in [7, 11) is 0. The molecule has 1 unspecified atom stereocenters. The maximum absolute atomic E-state index is 13.0. The molecule has 2 nitrogen and oxygen atoms in total. The Balaban J connectivity index is 1.65. The third kappa shape index (κ3) is 4.85. The SMILES string of the molecule is CCCN(CCC)CC1CCc2ccc(NCc3ccc(F)cc3)cc21. The van der Waals surface area contributed by atoms with Crippen molar-refractivity contribution in [1.29, 1.82) is 0 Å². The maximum atomic E-state index is 13.0. The average molecular weight is 355 g/mol. The summed E-state index contributed by atoms with van der Waals surface area (Å²) in [6, 6.07) is 13.5. The van der Waals surface area contributed by atoms with Crippen LogP contribution in [0.3, 0.4) is 0 Å². The first-order valence-electron chi connectivity index (χ1n) is 10.0. The van der Waals surface area contributed by atoms with Crippen molar-refractivity contribution in [2.75, 3.05) is 25.0 Å². The molecule has 3 heteroatoms. The van der Waals surface area contributed by atoms with E-state index in [9.17, 15) is 4.39 Å². The number of aryl methyl sites for hydroxylation is 1. The molecule has 0 saturated heterocycles. The molecule has 140 valence electrons. The molecule has 26 heavy (non-hydrogen) atoms. The van der Waals surface area contributed by atoms with E-state index in [2.05, 4.69) is 42.3 Å². The van der Waals surface area contributed by atoms with Crippen molar-refractivity contribution < 1.29 is 4.39 Å². The summed E-state index contributed by atoms with van der Waals surface area (Å²) in [6.45, 7) is 8.83. The Bertz CT molecular complexity index is 690. The van der Waals surface area contributed by atoms with Crippen LogP contribution in [0.25, 0.3) is 0 Å². The highest BCUT2D eigenvalue weighted by atomic mass is 19.1. The van der Waals surface area contributed by atoms with E-state index in [1.165, 1.54) is 68.6 Å². The molecule has 0 radical (unpaired) electrons. The van der Waals surface area contributed by atoms with Crippen molar-refractivity contribution in [1.82, 2.24) is 4.90 Å². The molecule has 2 aromatic carbocycles. The van der Waals surface area contributed by atoms with Gasteiger partial charge in [-0.3, -0.25) is 0 Å². The number of nitrogens with zero attached hydrogens (tertiary/aromatic N) is 1. The van der Waals surface area contributed by atoms with Crippen LogP contribution in [0.5, 0.6) is 0 Å². The summed E-state index contributed by atoms with van der Waals surface area (Å²) in [5.41, 5.74) is 5.29. The van der Waals surface area contributed by atoms with Gasteiger partial charge in [-0.05, 0) is 85.6 Å². The number of fused-ring (bicyclic) bond motifs is 1. The van der Waals surface area contributed by atoms with Crippen LogP contribution in [0.4, 0.5) is 10.1 Å². The van der Waals surface area contributed by atoms with Gasteiger partial charge in [-0.25, -0.2) is 4.39 Å². The van der Waals surface area contributed by atoms with Gasteiger partial charge >= 0.3 is 0 Å². The van der Waals surface area contributed by atoms with Crippen LogP contribution >= 0.6 is 0 Å². The predicted octanol–water partition coefficient (Wildman–Crippen LogP) is 5.59. The Kier molecular flexibility index (Phi) is 6.67. The lowest BCUT2D eigenvalue weighted by atomic mass is 9.99. The number of rotatable bonds is 9. The van der Waals surface area contributed by atoms with Gasteiger partial charge in [0.1, 0.15) is 5.82 Å². The van der Waals surface area contributed by atoms with Crippen LogP contribution in [-0.2, 0) is 13.0 Å². The topological polar surface area (TPSA) is 15.3 Å². The average Bonchev–Trinajstić information content (AvgIpc) is 3.04. The summed E-state index contributed by atoms with van der Waals surface area (Å²) in [5.74, 6) is 0.466. The predicted molar refractivity (Wildman–Crippen MR) is 108 cm³/mol. The van der Waals surface area contributed by atoms with Crippen molar-refractivity contribution in [2.45, 2.75) is 52.0 Å². The van der Waals surface area contributed by atoms with Crippen molar-refractivity contribution in [2.24, 2.45) is 0 Å². The summed E-state index contributed by atoms with van der Waals surface area (Å²) in [6.07, 6.45) is 4.91. The summed E-state index contributed by atoms with van der Waals surface area (Å²) >= 11 is 0. The smallest absolute Gasteiger partial charge is 0.123 e. The van der Waals surface area contributed by atoms with E-state index in [4.69, 9.17) is 0 Å². The Morgan fingerprint density at radius 2 is 1.77 bits per heavy atom. The molecule has 2 aromatic rings. The van der Waals surface area contributed by atoms with Gasteiger partial charge in [-0.1, -0.05) is 32.0 Å². The number of hydrogen-bond donors (Lipinski definition) is 1. The molecule has 0 aromatic heterocycles. The van der Waals surface area contributed by atoms with E-state index in [0.717, 1.165) is 17.8 Å². The maximum Gasteiger partial charge on any atom is 0.123 e. The quantitative estimate of drug-likeness (QED) is 0.631. The van der Waals surface area contributed by atoms with Gasteiger partial charge in [0.25, 0.3) is 0 Å². The zero-order valence-corrected chi connectivity index (χ0v) is 16.1. The van der Waals surface area contributed by atoms with Crippen LogP contribution in [-0.4, -0.2) is 24.5 Å². The second kappa shape index (κ2) is 9.18. The fraction of sp³-hybridized carbons (Fsp3) is 0.478. The third-order valence-corrected chi connectivity index (χ3v) is 5.32. The van der Waals surface area contributed by atoms with Gasteiger partial charge in [-0.2, -0.15) is 0 Å². The van der Waals surface area contributed by atoms with E-state index >= 15 is 0 Å². The molecule has 0 fully saturated rings. The Labute approximate surface area is 157 Å². The molecular formula is C23H31FN2. The third-order valence-electron chi connectivity index (χ3n) is 5.32. The Morgan fingerprint density at radius 3 is 2.46 bits per heavy atom. The highest BCUT2D eigenvalue weighted by Gasteiger charge is 2.24. The van der Waals surface area contributed by atoms with E-state index in [1.54, 1.807) is 0 Å². The molecule has 0 saturated carbocycles. The second-order valence-corrected chi connectivity index (χ2v) is 7.43. The Morgan fingerprint density at radius 1 is 1.04 bits per heavy atom. The van der Waals surface area contributed by atoms with Crippen LogP contribution in [0.2, 0.25) is 0 Å². The lowest BCUT2D eigenvalue weighted by Gasteiger charge is -2.25. The highest BCUT2D eigenvalue weighted by molar-refractivity contribution is 5.52. The monoisotopic (exact) mass is 354 g/mol. The van der Waals surface area contributed by atoms with Crippen molar-refractivity contribution in [3.05, 3.63) is 65.0 Å². The minimum Gasteiger partial charge on any atom is -0.381 e. The van der Waals surface area contributed by atoms with E-state index < -0.39 is 0 Å². The summed E-state index contributed by atoms with van der Waals surface area (Å²) in [4.78, 5) is 2.62. The van der Waals surface area contributed by atoms with Gasteiger partial charge < -0.3 is 10.2 Å². The molecule has 3 rings (SSSR count). The van der Waals surface area contributed by atoms with Crippen molar-refractivity contribution in [3.8, 4) is 0 Å². The first kappa shape index (κ1) is 18.9.